The number of rotatable bonds is 1. The molecule has 1 unspecified atom stereocenters. The predicted octanol–water partition coefficient (Wildman–Crippen LogP) is 1.19. The van der Waals surface area contributed by atoms with Crippen molar-refractivity contribution in [2.24, 2.45) is 0 Å². The molecule has 2 aliphatic heterocycles. The molecule has 5 nitrogen and oxygen atoms in total. The van der Waals surface area contributed by atoms with Crippen LogP contribution < -0.4 is 5.32 Å². The highest BCUT2D eigenvalue weighted by Crippen LogP contribution is 2.32. The molecule has 7 heteroatoms. The van der Waals surface area contributed by atoms with Gasteiger partial charge in [0.15, 0.2) is 0 Å². The molecule has 2 heterocycles. The van der Waals surface area contributed by atoms with E-state index in [-0.39, 0.29) is 30.9 Å². The fraction of sp³-hybridized carbons (Fsp3) is 0.308. The molecule has 0 bridgehead atoms. The number of nitrogens with one attached hydrogen (secondary N) is 1. The van der Waals surface area contributed by atoms with Crippen LogP contribution >= 0.6 is 22.6 Å². The molecule has 20 heavy (non-hydrogen) atoms. The van der Waals surface area contributed by atoms with Gasteiger partial charge in [-0.05, 0) is 41.1 Å². The summed E-state index contributed by atoms with van der Waals surface area (Å²) < 4.78 is 14.6. The maximum absolute atomic E-state index is 13.8. The third kappa shape index (κ3) is 2.00. The summed E-state index contributed by atoms with van der Waals surface area (Å²) in [5.41, 5.74) is 0.655. The molecule has 104 valence electrons. The first kappa shape index (κ1) is 13.5. The van der Waals surface area contributed by atoms with Crippen molar-refractivity contribution in [3.63, 3.8) is 0 Å². The van der Waals surface area contributed by atoms with Gasteiger partial charge in [-0.1, -0.05) is 0 Å². The summed E-state index contributed by atoms with van der Waals surface area (Å²) in [7, 11) is 0. The number of nitrogens with zero attached hydrogens (tertiary/aromatic N) is 1. The van der Waals surface area contributed by atoms with Crippen LogP contribution in [0.25, 0.3) is 0 Å². The second-order valence-corrected chi connectivity index (χ2v) is 5.94. The second-order valence-electron chi connectivity index (χ2n) is 4.78. The first-order valence-corrected chi connectivity index (χ1v) is 7.18. The lowest BCUT2D eigenvalue weighted by atomic mass is 10.0. The summed E-state index contributed by atoms with van der Waals surface area (Å²) in [6, 6.07) is 2.16. The molecule has 3 rings (SSSR count). The Labute approximate surface area is 127 Å². The molecule has 1 aromatic rings. The molecule has 0 aliphatic carbocycles. The highest BCUT2D eigenvalue weighted by Gasteiger charge is 2.41. The molecule has 1 aromatic carbocycles. The quantitative estimate of drug-likeness (QED) is 0.581. The van der Waals surface area contributed by atoms with Crippen LogP contribution in [0, 0.1) is 9.39 Å². The molecule has 3 amide bonds. The van der Waals surface area contributed by atoms with E-state index in [1.807, 2.05) is 22.6 Å². The van der Waals surface area contributed by atoms with E-state index in [0.29, 0.717) is 5.56 Å². The van der Waals surface area contributed by atoms with Crippen molar-refractivity contribution in [2.75, 3.05) is 0 Å². The van der Waals surface area contributed by atoms with E-state index in [1.54, 1.807) is 6.07 Å². The topological polar surface area (TPSA) is 66.5 Å². The smallest absolute Gasteiger partial charge is 0.258 e. The average Bonchev–Trinajstić information content (AvgIpc) is 2.73. The Morgan fingerprint density at radius 1 is 1.30 bits per heavy atom. The van der Waals surface area contributed by atoms with Gasteiger partial charge >= 0.3 is 0 Å². The van der Waals surface area contributed by atoms with Gasteiger partial charge in [0.05, 0.1) is 5.56 Å². The Kier molecular flexibility index (Phi) is 3.23. The molecule has 2 aliphatic rings. The number of fused-ring (bicyclic) bond motifs is 1. The maximum Gasteiger partial charge on any atom is 0.258 e. The number of benzene rings is 1. The van der Waals surface area contributed by atoms with Crippen molar-refractivity contribution >= 4 is 40.3 Å². The summed E-state index contributed by atoms with van der Waals surface area (Å²) in [5.74, 6) is -1.88. The molecular formula is C13H10FIN2O3. The van der Waals surface area contributed by atoms with Gasteiger partial charge in [0.25, 0.3) is 5.91 Å². The predicted molar refractivity (Wildman–Crippen MR) is 75.2 cm³/mol. The number of carbonyl (C=O) groups is 3. The van der Waals surface area contributed by atoms with Crippen LogP contribution in [0.15, 0.2) is 12.1 Å². The number of piperidine rings is 1. The first-order chi connectivity index (χ1) is 9.49. The minimum absolute atomic E-state index is 0.0431. The van der Waals surface area contributed by atoms with Crippen molar-refractivity contribution in [3.8, 4) is 0 Å². The second kappa shape index (κ2) is 4.80. The van der Waals surface area contributed by atoms with Gasteiger partial charge in [0.2, 0.25) is 11.8 Å². The van der Waals surface area contributed by atoms with E-state index in [9.17, 15) is 18.8 Å². The molecule has 0 spiro atoms. The molecule has 0 saturated carbocycles. The summed E-state index contributed by atoms with van der Waals surface area (Å²) in [6.45, 7) is 0.205. The highest BCUT2D eigenvalue weighted by molar-refractivity contribution is 14.1. The van der Waals surface area contributed by atoms with Gasteiger partial charge in [-0.2, -0.15) is 0 Å². The zero-order chi connectivity index (χ0) is 14.4. The number of hydrogen-bond acceptors (Lipinski definition) is 3. The van der Waals surface area contributed by atoms with Crippen LogP contribution in [0.1, 0.15) is 28.8 Å². The van der Waals surface area contributed by atoms with Crippen molar-refractivity contribution in [2.45, 2.75) is 25.4 Å². The zero-order valence-electron chi connectivity index (χ0n) is 10.3. The van der Waals surface area contributed by atoms with Gasteiger partial charge in [0, 0.05) is 22.1 Å². The minimum atomic E-state index is -0.706. The van der Waals surface area contributed by atoms with Gasteiger partial charge in [-0.25, -0.2) is 4.39 Å². The van der Waals surface area contributed by atoms with E-state index in [4.69, 9.17) is 0 Å². The van der Waals surface area contributed by atoms with Gasteiger partial charge < -0.3 is 4.90 Å². The maximum atomic E-state index is 13.8. The average molecular weight is 388 g/mol. The number of halogens is 2. The molecule has 1 atom stereocenters. The Hall–Kier alpha value is -1.51. The molecule has 0 aromatic heterocycles. The first-order valence-electron chi connectivity index (χ1n) is 6.10. The van der Waals surface area contributed by atoms with Crippen molar-refractivity contribution in [3.05, 3.63) is 32.6 Å². The van der Waals surface area contributed by atoms with Crippen LogP contribution in [0.5, 0.6) is 0 Å². The summed E-state index contributed by atoms with van der Waals surface area (Å²) in [5, 5.41) is 2.22. The number of amides is 3. The van der Waals surface area contributed by atoms with Crippen LogP contribution in [-0.4, -0.2) is 28.7 Å². The number of carbonyl (C=O) groups excluding carboxylic acids is 3. The van der Waals surface area contributed by atoms with E-state index >= 15 is 0 Å². The van der Waals surface area contributed by atoms with E-state index in [0.717, 1.165) is 3.57 Å². The fourth-order valence-corrected chi connectivity index (χ4v) is 3.22. The molecule has 1 fully saturated rings. The van der Waals surface area contributed by atoms with Gasteiger partial charge in [-0.15, -0.1) is 0 Å². The lowest BCUT2D eigenvalue weighted by molar-refractivity contribution is -0.136. The SMILES string of the molecule is O=C1CCC(N2Cc3c(I)ccc(F)c3C2=O)C(=O)N1. The third-order valence-electron chi connectivity index (χ3n) is 3.59. The monoisotopic (exact) mass is 388 g/mol. The molecule has 1 saturated heterocycles. The summed E-state index contributed by atoms with van der Waals surface area (Å²) >= 11 is 2.04. The standard InChI is InChI=1S/C13H10FIN2O3/c14-7-1-2-8(15)6-5-17(13(20)11(6)7)9-3-4-10(18)16-12(9)19/h1-2,9H,3-5H2,(H,16,18,19). The lowest BCUT2D eigenvalue weighted by Crippen LogP contribution is -2.52. The van der Waals surface area contributed by atoms with Gasteiger partial charge in [-0.3, -0.25) is 19.7 Å². The third-order valence-corrected chi connectivity index (χ3v) is 4.61. The summed E-state index contributed by atoms with van der Waals surface area (Å²) in [4.78, 5) is 36.6. The van der Waals surface area contributed by atoms with Crippen molar-refractivity contribution in [1.82, 2.24) is 10.2 Å². The Morgan fingerprint density at radius 2 is 2.05 bits per heavy atom. The van der Waals surface area contributed by atoms with Crippen LogP contribution in [-0.2, 0) is 16.1 Å². The van der Waals surface area contributed by atoms with Crippen molar-refractivity contribution in [1.29, 1.82) is 0 Å². The van der Waals surface area contributed by atoms with Crippen LogP contribution in [0.2, 0.25) is 0 Å². The zero-order valence-corrected chi connectivity index (χ0v) is 12.4. The van der Waals surface area contributed by atoms with Gasteiger partial charge in [0.1, 0.15) is 11.9 Å². The van der Waals surface area contributed by atoms with E-state index in [2.05, 4.69) is 5.32 Å². The normalized spacial score (nSPS) is 22.0. The van der Waals surface area contributed by atoms with Crippen molar-refractivity contribution < 1.29 is 18.8 Å². The number of hydrogen-bond donors (Lipinski definition) is 1. The molecular weight excluding hydrogens is 378 g/mol. The fourth-order valence-electron chi connectivity index (χ4n) is 2.60. The Balaban J connectivity index is 1.94. The molecule has 1 N–H and O–H groups in total. The number of imide groups is 1. The van der Waals surface area contributed by atoms with Crippen LogP contribution in [0.3, 0.4) is 0 Å². The lowest BCUT2D eigenvalue weighted by Gasteiger charge is -2.29. The Morgan fingerprint density at radius 3 is 2.70 bits per heavy atom. The van der Waals surface area contributed by atoms with E-state index in [1.165, 1.54) is 11.0 Å². The largest absolute Gasteiger partial charge is 0.322 e. The highest BCUT2D eigenvalue weighted by atomic mass is 127. The van der Waals surface area contributed by atoms with E-state index < -0.39 is 23.7 Å². The van der Waals surface area contributed by atoms with Crippen LogP contribution in [0.4, 0.5) is 4.39 Å². The minimum Gasteiger partial charge on any atom is -0.322 e. The molecule has 0 radical (unpaired) electrons. The summed E-state index contributed by atoms with van der Waals surface area (Å²) in [6.07, 6.45) is 0.471. The Bertz CT molecular complexity index is 647.